The van der Waals surface area contributed by atoms with Gasteiger partial charge in [0, 0.05) is 5.56 Å². The first-order chi connectivity index (χ1) is 9.63. The van der Waals surface area contributed by atoms with E-state index in [1.165, 1.54) is 18.2 Å². The number of nitrogens with one attached hydrogen (secondary N) is 1. The predicted molar refractivity (Wildman–Crippen MR) is 73.3 cm³/mol. The lowest BCUT2D eigenvalue weighted by molar-refractivity contribution is 0.102. The van der Waals surface area contributed by atoms with Crippen LogP contribution in [0.2, 0.25) is 0 Å². The highest BCUT2D eigenvalue weighted by Gasteiger charge is 2.14. The zero-order valence-electron chi connectivity index (χ0n) is 10.4. The second kappa shape index (κ2) is 5.83. The highest BCUT2D eigenvalue weighted by Crippen LogP contribution is 2.17. The van der Waals surface area contributed by atoms with Gasteiger partial charge in [-0.3, -0.25) is 4.79 Å². The summed E-state index contributed by atoms with van der Waals surface area (Å²) in [5.41, 5.74) is 6.11. The van der Waals surface area contributed by atoms with Gasteiger partial charge in [-0.15, -0.1) is 0 Å². The Morgan fingerprint density at radius 1 is 1.10 bits per heavy atom. The van der Waals surface area contributed by atoms with E-state index >= 15 is 0 Å². The normalized spacial score (nSPS) is 11.2. The van der Waals surface area contributed by atoms with Crippen molar-refractivity contribution in [2.24, 2.45) is 10.9 Å². The van der Waals surface area contributed by atoms with Crippen molar-refractivity contribution in [1.82, 2.24) is 0 Å². The van der Waals surface area contributed by atoms with Gasteiger partial charge in [-0.2, -0.15) is 0 Å². The van der Waals surface area contributed by atoms with Crippen molar-refractivity contribution in [3.8, 4) is 0 Å². The third-order valence-electron chi connectivity index (χ3n) is 2.68. The molecule has 5 nitrogen and oxygen atoms in total. The monoisotopic (exact) mass is 273 g/mol. The average molecular weight is 273 g/mol. The second-order valence-electron chi connectivity index (χ2n) is 3.96. The molecule has 2 aromatic rings. The van der Waals surface area contributed by atoms with E-state index in [9.17, 15) is 9.18 Å². The predicted octanol–water partition coefficient (Wildman–Crippen LogP) is 2.17. The van der Waals surface area contributed by atoms with Gasteiger partial charge in [-0.05, 0) is 24.3 Å². The molecule has 4 N–H and O–H groups in total. The van der Waals surface area contributed by atoms with Crippen molar-refractivity contribution < 1.29 is 14.4 Å². The topological polar surface area (TPSA) is 87.7 Å². The first-order valence-electron chi connectivity index (χ1n) is 5.76. The first-order valence-corrected chi connectivity index (χ1v) is 5.76. The largest absolute Gasteiger partial charge is 0.409 e. The minimum absolute atomic E-state index is 0.0817. The van der Waals surface area contributed by atoms with Gasteiger partial charge in [0.2, 0.25) is 0 Å². The Kier molecular flexibility index (Phi) is 3.95. The molecular formula is C14H12FN3O2. The molecule has 2 rings (SSSR count). The third-order valence-corrected chi connectivity index (χ3v) is 2.68. The Labute approximate surface area is 114 Å². The van der Waals surface area contributed by atoms with Crippen LogP contribution in [0.4, 0.5) is 10.1 Å². The van der Waals surface area contributed by atoms with Crippen LogP contribution < -0.4 is 11.1 Å². The molecule has 0 bridgehead atoms. The molecule has 0 radical (unpaired) electrons. The maximum atomic E-state index is 13.5. The van der Waals surface area contributed by atoms with Gasteiger partial charge < -0.3 is 16.3 Å². The van der Waals surface area contributed by atoms with Gasteiger partial charge in [0.1, 0.15) is 5.82 Å². The summed E-state index contributed by atoms with van der Waals surface area (Å²) in [7, 11) is 0. The minimum Gasteiger partial charge on any atom is -0.409 e. The average Bonchev–Trinajstić information content (AvgIpc) is 2.47. The smallest absolute Gasteiger partial charge is 0.258 e. The number of rotatable bonds is 3. The molecule has 6 heteroatoms. The lowest BCUT2D eigenvalue weighted by atomic mass is 10.1. The number of carbonyl (C=O) groups is 1. The Balaban J connectivity index is 2.32. The lowest BCUT2D eigenvalue weighted by Crippen LogP contribution is -2.19. The van der Waals surface area contributed by atoms with E-state index in [1.54, 1.807) is 30.3 Å². The summed E-state index contributed by atoms with van der Waals surface area (Å²) in [6, 6.07) is 12.1. The van der Waals surface area contributed by atoms with Gasteiger partial charge in [0.15, 0.2) is 5.84 Å². The number of anilines is 1. The molecule has 0 aliphatic carbocycles. The summed E-state index contributed by atoms with van der Waals surface area (Å²) in [6.07, 6.45) is 0. The Morgan fingerprint density at radius 2 is 1.70 bits per heavy atom. The molecule has 0 aliphatic rings. The lowest BCUT2D eigenvalue weighted by Gasteiger charge is -2.10. The van der Waals surface area contributed by atoms with E-state index < -0.39 is 11.7 Å². The molecule has 1 amide bonds. The number of benzene rings is 2. The fraction of sp³-hybridized carbons (Fsp3) is 0. The van der Waals surface area contributed by atoms with Crippen molar-refractivity contribution >= 4 is 17.4 Å². The number of hydrogen-bond acceptors (Lipinski definition) is 3. The molecule has 20 heavy (non-hydrogen) atoms. The van der Waals surface area contributed by atoms with E-state index in [4.69, 9.17) is 10.9 Å². The van der Waals surface area contributed by atoms with Crippen molar-refractivity contribution in [3.05, 3.63) is 65.5 Å². The van der Waals surface area contributed by atoms with Crippen LogP contribution >= 0.6 is 0 Å². The van der Waals surface area contributed by atoms with Crippen molar-refractivity contribution in [2.45, 2.75) is 0 Å². The third kappa shape index (κ3) is 2.74. The van der Waals surface area contributed by atoms with E-state index in [0.29, 0.717) is 11.3 Å². The standard InChI is InChI=1S/C14H12FN3O2/c15-11-7-3-1-5-9(11)14(19)17-12-8-4-2-6-10(12)13(16)18-20/h1-8,20H,(H2,16,18)(H,17,19). The zero-order valence-corrected chi connectivity index (χ0v) is 10.4. The highest BCUT2D eigenvalue weighted by atomic mass is 19.1. The number of amidine groups is 1. The summed E-state index contributed by atoms with van der Waals surface area (Å²) < 4.78 is 13.5. The summed E-state index contributed by atoms with van der Waals surface area (Å²) in [4.78, 5) is 12.0. The quantitative estimate of drug-likeness (QED) is 0.346. The Bertz CT molecular complexity index is 671. The van der Waals surface area contributed by atoms with Gasteiger partial charge >= 0.3 is 0 Å². The molecular weight excluding hydrogens is 261 g/mol. The number of carbonyl (C=O) groups excluding carboxylic acids is 1. The van der Waals surface area contributed by atoms with E-state index in [-0.39, 0.29) is 11.4 Å². The molecule has 0 atom stereocenters. The highest BCUT2D eigenvalue weighted by molar-refractivity contribution is 6.09. The fourth-order valence-corrected chi connectivity index (χ4v) is 1.70. The molecule has 2 aromatic carbocycles. The SMILES string of the molecule is N/C(=N/O)c1ccccc1NC(=O)c1ccccc1F. The molecule has 0 fully saturated rings. The van der Waals surface area contributed by atoms with Crippen molar-refractivity contribution in [2.75, 3.05) is 5.32 Å². The second-order valence-corrected chi connectivity index (χ2v) is 3.96. The molecule has 0 unspecified atom stereocenters. The van der Waals surface area contributed by atoms with Crippen LogP contribution in [0.3, 0.4) is 0 Å². The van der Waals surface area contributed by atoms with Gasteiger partial charge in [0.25, 0.3) is 5.91 Å². The molecule has 0 aliphatic heterocycles. The summed E-state index contributed by atoms with van der Waals surface area (Å²) in [6.45, 7) is 0. The zero-order chi connectivity index (χ0) is 14.5. The summed E-state index contributed by atoms with van der Waals surface area (Å²) in [5, 5.41) is 14.1. The van der Waals surface area contributed by atoms with Crippen molar-refractivity contribution in [1.29, 1.82) is 0 Å². The maximum Gasteiger partial charge on any atom is 0.258 e. The van der Waals surface area contributed by atoms with Crippen LogP contribution in [0.15, 0.2) is 53.7 Å². The maximum absolute atomic E-state index is 13.5. The number of oxime groups is 1. The molecule has 0 aromatic heterocycles. The molecule has 0 heterocycles. The Hall–Kier alpha value is -2.89. The number of nitrogens with two attached hydrogens (primary N) is 1. The number of para-hydroxylation sites is 1. The first kappa shape index (κ1) is 13.5. The van der Waals surface area contributed by atoms with Gasteiger partial charge in [-0.25, -0.2) is 4.39 Å². The minimum atomic E-state index is -0.619. The number of nitrogens with zero attached hydrogens (tertiary/aromatic N) is 1. The van der Waals surface area contributed by atoms with E-state index in [2.05, 4.69) is 10.5 Å². The van der Waals surface area contributed by atoms with Crippen LogP contribution in [0.5, 0.6) is 0 Å². The van der Waals surface area contributed by atoms with Crippen LogP contribution in [0, 0.1) is 5.82 Å². The van der Waals surface area contributed by atoms with Gasteiger partial charge in [-0.1, -0.05) is 29.4 Å². The number of hydrogen-bond donors (Lipinski definition) is 3. The van der Waals surface area contributed by atoms with E-state index in [1.807, 2.05) is 0 Å². The molecule has 0 saturated heterocycles. The number of halogens is 1. The van der Waals surface area contributed by atoms with Gasteiger partial charge in [0.05, 0.1) is 11.3 Å². The fourth-order valence-electron chi connectivity index (χ4n) is 1.70. The van der Waals surface area contributed by atoms with Crippen LogP contribution in [-0.4, -0.2) is 17.0 Å². The van der Waals surface area contributed by atoms with E-state index in [0.717, 1.165) is 0 Å². The van der Waals surface area contributed by atoms with Crippen LogP contribution in [0.1, 0.15) is 15.9 Å². The summed E-state index contributed by atoms with van der Waals surface area (Å²) in [5.74, 6) is -1.37. The Morgan fingerprint density at radius 3 is 2.35 bits per heavy atom. The van der Waals surface area contributed by atoms with Crippen LogP contribution in [-0.2, 0) is 0 Å². The number of amides is 1. The molecule has 0 spiro atoms. The van der Waals surface area contributed by atoms with Crippen molar-refractivity contribution in [3.63, 3.8) is 0 Å². The molecule has 102 valence electrons. The molecule has 0 saturated carbocycles. The summed E-state index contributed by atoms with van der Waals surface area (Å²) >= 11 is 0. The van der Waals surface area contributed by atoms with Crippen LogP contribution in [0.25, 0.3) is 0 Å².